The molecule has 1 atom stereocenters. The van der Waals surface area contributed by atoms with Crippen LogP contribution in [0.5, 0.6) is 0 Å². The highest BCUT2D eigenvalue weighted by atomic mass is 35.5. The van der Waals surface area contributed by atoms with Crippen molar-refractivity contribution >= 4 is 18.2 Å². The van der Waals surface area contributed by atoms with E-state index < -0.39 is 24.4 Å². The fourth-order valence-corrected chi connectivity index (χ4v) is 1.06. The molecule has 0 aliphatic rings. The van der Waals surface area contributed by atoms with Crippen LogP contribution in [-0.2, 0) is 0 Å². The first-order valence-corrected chi connectivity index (χ1v) is 4.32. The first kappa shape index (κ1) is 14.9. The molecule has 0 saturated carbocycles. The Labute approximate surface area is 97.0 Å². The molecule has 0 bridgehead atoms. The van der Waals surface area contributed by atoms with Crippen LogP contribution in [0.1, 0.15) is 16.8 Å². The van der Waals surface area contributed by atoms with Gasteiger partial charge in [0.2, 0.25) is 0 Å². The molecule has 90 valence electrons. The van der Waals surface area contributed by atoms with Crippen LogP contribution in [0.4, 0.5) is 13.2 Å². The Morgan fingerprint density at radius 2 is 1.75 bits per heavy atom. The van der Waals surface area contributed by atoms with Crippen LogP contribution in [0.3, 0.4) is 0 Å². The van der Waals surface area contributed by atoms with Crippen LogP contribution >= 0.6 is 12.4 Å². The molecule has 0 spiro atoms. The number of carbonyl (C=O) groups is 1. The maximum Gasteiger partial charge on any atom is 0.404 e. The van der Waals surface area contributed by atoms with Gasteiger partial charge in [-0.15, -0.1) is 12.4 Å². The summed E-state index contributed by atoms with van der Waals surface area (Å²) in [4.78, 5) is 11.3. The number of halogens is 4. The van der Waals surface area contributed by atoms with Crippen LogP contribution in [-0.4, -0.2) is 18.0 Å². The van der Waals surface area contributed by atoms with E-state index >= 15 is 0 Å². The Kier molecular flexibility index (Phi) is 5.47. The molecule has 0 saturated heterocycles. The molecule has 0 heterocycles. The van der Waals surface area contributed by atoms with E-state index in [1.807, 2.05) is 0 Å². The second kappa shape index (κ2) is 5.86. The van der Waals surface area contributed by atoms with Gasteiger partial charge in [0.1, 0.15) is 6.04 Å². The van der Waals surface area contributed by atoms with Gasteiger partial charge in [-0.2, -0.15) is 13.2 Å². The Balaban J connectivity index is 0.00000225. The highest BCUT2D eigenvalue weighted by Gasteiger charge is 2.37. The molecule has 1 aromatic rings. The Hall–Kier alpha value is -1.07. The molecule has 1 aromatic carbocycles. The number of alkyl halides is 3. The first-order valence-electron chi connectivity index (χ1n) is 4.32. The summed E-state index contributed by atoms with van der Waals surface area (Å²) in [5.74, 6) is -0.597. The first-order chi connectivity index (χ1) is 6.91. The second-order valence-electron chi connectivity index (χ2n) is 3.14. The molecule has 0 unspecified atom stereocenters. The van der Waals surface area contributed by atoms with Crippen LogP contribution in [0.25, 0.3) is 0 Å². The lowest BCUT2D eigenvalue weighted by Crippen LogP contribution is -2.39. The quantitative estimate of drug-likeness (QED) is 0.842. The topological polar surface area (TPSA) is 43.1 Å². The van der Waals surface area contributed by atoms with Gasteiger partial charge in [0.05, 0.1) is 0 Å². The molecule has 2 N–H and O–H groups in total. The molecule has 0 amide bonds. The zero-order chi connectivity index (χ0) is 11.5. The highest BCUT2D eigenvalue weighted by molar-refractivity contribution is 5.96. The van der Waals surface area contributed by atoms with Crippen molar-refractivity contribution in [3.63, 3.8) is 0 Å². The molecule has 6 heteroatoms. The summed E-state index contributed by atoms with van der Waals surface area (Å²) in [6, 6.07) is 5.70. The summed E-state index contributed by atoms with van der Waals surface area (Å²) in [6.45, 7) is 0. The summed E-state index contributed by atoms with van der Waals surface area (Å²) in [7, 11) is 0. The molecular formula is C10H11ClF3NO. The number of rotatable bonds is 3. The lowest BCUT2D eigenvalue weighted by atomic mass is 10.0. The molecular weight excluding hydrogens is 243 g/mol. The summed E-state index contributed by atoms with van der Waals surface area (Å²) >= 11 is 0. The van der Waals surface area contributed by atoms with Gasteiger partial charge in [0.15, 0.2) is 5.78 Å². The van der Waals surface area contributed by atoms with E-state index in [2.05, 4.69) is 0 Å². The van der Waals surface area contributed by atoms with Crippen molar-refractivity contribution in [2.24, 2.45) is 5.73 Å². The number of Topliss-reactive ketones (excluding diaryl/α,β-unsaturated/α-hetero) is 1. The van der Waals surface area contributed by atoms with Crippen molar-refractivity contribution in [1.29, 1.82) is 0 Å². The average molecular weight is 254 g/mol. The Morgan fingerprint density at radius 1 is 1.25 bits per heavy atom. The van der Waals surface area contributed by atoms with Crippen molar-refractivity contribution in [2.45, 2.75) is 18.6 Å². The van der Waals surface area contributed by atoms with Crippen molar-refractivity contribution in [2.75, 3.05) is 0 Å². The van der Waals surface area contributed by atoms with E-state index in [-0.39, 0.29) is 18.0 Å². The Morgan fingerprint density at radius 3 is 2.19 bits per heavy atom. The molecule has 0 radical (unpaired) electrons. The number of ketones is 1. The van der Waals surface area contributed by atoms with Crippen LogP contribution in [0.2, 0.25) is 0 Å². The standard InChI is InChI=1S/C10H10F3NO.ClH/c11-10(12,13)9(14)6-8(15)7-4-2-1-3-5-7;/h1-5,9H,6,14H2;1H/t9-;/m1./s1. The van der Waals surface area contributed by atoms with Crippen LogP contribution in [0, 0.1) is 0 Å². The SMILES string of the molecule is Cl.N[C@H](CC(=O)c1ccccc1)C(F)(F)F. The van der Waals surface area contributed by atoms with Gasteiger partial charge in [0.25, 0.3) is 0 Å². The zero-order valence-corrected chi connectivity index (χ0v) is 9.02. The lowest BCUT2D eigenvalue weighted by Gasteiger charge is -2.14. The minimum absolute atomic E-state index is 0. The molecule has 0 aliphatic heterocycles. The third-order valence-electron chi connectivity index (χ3n) is 1.92. The van der Waals surface area contributed by atoms with Crippen molar-refractivity contribution < 1.29 is 18.0 Å². The van der Waals surface area contributed by atoms with Gasteiger partial charge in [-0.25, -0.2) is 0 Å². The normalized spacial score (nSPS) is 12.8. The zero-order valence-electron chi connectivity index (χ0n) is 8.20. The van der Waals surface area contributed by atoms with E-state index in [4.69, 9.17) is 5.73 Å². The van der Waals surface area contributed by atoms with Gasteiger partial charge < -0.3 is 5.73 Å². The minimum Gasteiger partial charge on any atom is -0.320 e. The van der Waals surface area contributed by atoms with Gasteiger partial charge in [-0.3, -0.25) is 4.79 Å². The predicted molar refractivity (Wildman–Crippen MR) is 56.7 cm³/mol. The largest absolute Gasteiger partial charge is 0.404 e. The fourth-order valence-electron chi connectivity index (χ4n) is 1.06. The van der Waals surface area contributed by atoms with Gasteiger partial charge in [-0.1, -0.05) is 30.3 Å². The molecule has 2 nitrogen and oxygen atoms in total. The second-order valence-corrected chi connectivity index (χ2v) is 3.14. The van der Waals surface area contributed by atoms with Gasteiger partial charge in [-0.05, 0) is 0 Å². The maximum absolute atomic E-state index is 12.0. The third-order valence-corrected chi connectivity index (χ3v) is 1.92. The number of hydrogen-bond donors (Lipinski definition) is 1. The van der Waals surface area contributed by atoms with E-state index in [1.165, 1.54) is 12.1 Å². The molecule has 16 heavy (non-hydrogen) atoms. The monoisotopic (exact) mass is 253 g/mol. The summed E-state index contributed by atoms with van der Waals surface area (Å²) in [5.41, 5.74) is 5.09. The summed E-state index contributed by atoms with van der Waals surface area (Å²) in [5, 5.41) is 0. The number of benzene rings is 1. The lowest BCUT2D eigenvalue weighted by molar-refractivity contribution is -0.146. The molecule has 0 aliphatic carbocycles. The van der Waals surface area contributed by atoms with Gasteiger partial charge in [0, 0.05) is 12.0 Å². The van der Waals surface area contributed by atoms with E-state index in [0.717, 1.165) is 0 Å². The molecule has 1 rings (SSSR count). The molecule has 0 aromatic heterocycles. The third kappa shape index (κ3) is 4.20. The number of nitrogens with two attached hydrogens (primary N) is 1. The number of carbonyl (C=O) groups excluding carboxylic acids is 1. The van der Waals surface area contributed by atoms with E-state index in [0.29, 0.717) is 0 Å². The molecule has 0 fully saturated rings. The van der Waals surface area contributed by atoms with E-state index in [1.54, 1.807) is 18.2 Å². The van der Waals surface area contributed by atoms with Crippen LogP contribution in [0.15, 0.2) is 30.3 Å². The Bertz CT molecular complexity index is 340. The minimum atomic E-state index is -4.52. The van der Waals surface area contributed by atoms with Crippen LogP contribution < -0.4 is 5.73 Å². The average Bonchev–Trinajstić information content (AvgIpc) is 2.17. The van der Waals surface area contributed by atoms with Gasteiger partial charge >= 0.3 is 6.18 Å². The van der Waals surface area contributed by atoms with E-state index in [9.17, 15) is 18.0 Å². The van der Waals surface area contributed by atoms with Crippen molar-refractivity contribution in [3.05, 3.63) is 35.9 Å². The summed E-state index contributed by atoms with van der Waals surface area (Å²) in [6.07, 6.45) is -5.24. The van der Waals surface area contributed by atoms with Crippen molar-refractivity contribution in [1.82, 2.24) is 0 Å². The van der Waals surface area contributed by atoms with Crippen molar-refractivity contribution in [3.8, 4) is 0 Å². The summed E-state index contributed by atoms with van der Waals surface area (Å²) < 4.78 is 36.1. The number of hydrogen-bond acceptors (Lipinski definition) is 2. The maximum atomic E-state index is 12.0. The fraction of sp³-hybridized carbons (Fsp3) is 0.300. The highest BCUT2D eigenvalue weighted by Crippen LogP contribution is 2.21. The smallest absolute Gasteiger partial charge is 0.320 e. The predicted octanol–water partition coefficient (Wildman–Crippen LogP) is 2.57.